The van der Waals surface area contributed by atoms with Gasteiger partial charge >= 0.3 is 0 Å². The van der Waals surface area contributed by atoms with Gasteiger partial charge in [0, 0.05) is 32.2 Å². The summed E-state index contributed by atoms with van der Waals surface area (Å²) >= 11 is 0. The van der Waals surface area contributed by atoms with Gasteiger partial charge in [-0.2, -0.15) is 0 Å². The van der Waals surface area contributed by atoms with Crippen molar-refractivity contribution in [1.82, 2.24) is 30.1 Å². The first-order valence-corrected chi connectivity index (χ1v) is 7.23. The molecule has 110 valence electrons. The predicted octanol–water partition coefficient (Wildman–Crippen LogP) is -0.411. The van der Waals surface area contributed by atoms with Crippen molar-refractivity contribution >= 4 is 5.91 Å². The molecular formula is C13H22N6O. The second-order valence-corrected chi connectivity index (χ2v) is 5.88. The van der Waals surface area contributed by atoms with Crippen LogP contribution >= 0.6 is 0 Å². The van der Waals surface area contributed by atoms with Gasteiger partial charge in [-0.3, -0.25) is 4.79 Å². The molecule has 0 bridgehead atoms. The van der Waals surface area contributed by atoms with Crippen LogP contribution in [0.1, 0.15) is 29.4 Å². The molecule has 2 fully saturated rings. The third kappa shape index (κ3) is 2.55. The van der Waals surface area contributed by atoms with Crippen LogP contribution in [0.25, 0.3) is 0 Å². The van der Waals surface area contributed by atoms with E-state index in [1.807, 2.05) is 4.90 Å². The average Bonchev–Trinajstić information content (AvgIpc) is 2.85. The Hall–Kier alpha value is -1.47. The second kappa shape index (κ2) is 5.49. The van der Waals surface area contributed by atoms with E-state index >= 15 is 0 Å². The molecule has 0 radical (unpaired) electrons. The predicted molar refractivity (Wildman–Crippen MR) is 74.5 cm³/mol. The number of likely N-dealkylation sites (tertiary alicyclic amines) is 1. The van der Waals surface area contributed by atoms with E-state index in [-0.39, 0.29) is 5.91 Å². The van der Waals surface area contributed by atoms with Gasteiger partial charge in [0.2, 0.25) is 0 Å². The molecule has 2 saturated heterocycles. The molecule has 0 aromatic carbocycles. The maximum absolute atomic E-state index is 12.4. The molecule has 1 aromatic heterocycles. The number of carbonyl (C=O) groups excluding carboxylic acids is 1. The molecule has 1 N–H and O–H groups in total. The lowest BCUT2D eigenvalue weighted by Crippen LogP contribution is -2.44. The third-order valence-electron chi connectivity index (χ3n) is 4.35. The summed E-state index contributed by atoms with van der Waals surface area (Å²) in [6.45, 7) is 3.43. The number of carbonyl (C=O) groups is 1. The van der Waals surface area contributed by atoms with Crippen molar-refractivity contribution in [3.8, 4) is 0 Å². The number of rotatable bonds is 3. The minimum atomic E-state index is 0.0146. The van der Waals surface area contributed by atoms with Gasteiger partial charge in [-0.1, -0.05) is 5.21 Å². The van der Waals surface area contributed by atoms with Crippen LogP contribution < -0.4 is 5.32 Å². The van der Waals surface area contributed by atoms with Crippen LogP contribution in [0.15, 0.2) is 6.20 Å². The molecule has 1 aromatic rings. The Morgan fingerprint density at radius 3 is 2.60 bits per heavy atom. The van der Waals surface area contributed by atoms with Gasteiger partial charge in [0.1, 0.15) is 0 Å². The summed E-state index contributed by atoms with van der Waals surface area (Å²) in [5, 5.41) is 11.3. The van der Waals surface area contributed by atoms with Crippen molar-refractivity contribution in [3.05, 3.63) is 11.9 Å². The Morgan fingerprint density at radius 1 is 1.35 bits per heavy atom. The Balaban J connectivity index is 1.60. The summed E-state index contributed by atoms with van der Waals surface area (Å²) in [5.74, 6) is 0.0146. The minimum absolute atomic E-state index is 0.0146. The van der Waals surface area contributed by atoms with Gasteiger partial charge in [-0.25, -0.2) is 4.68 Å². The van der Waals surface area contributed by atoms with Crippen LogP contribution in [0, 0.1) is 0 Å². The molecule has 2 aliphatic heterocycles. The molecule has 2 aliphatic rings. The number of hydrogen-bond donors (Lipinski definition) is 1. The highest BCUT2D eigenvalue weighted by Crippen LogP contribution is 2.17. The fraction of sp³-hybridized carbons (Fsp3) is 0.769. The van der Waals surface area contributed by atoms with Gasteiger partial charge in [0.15, 0.2) is 5.69 Å². The zero-order valence-electron chi connectivity index (χ0n) is 12.1. The number of piperidine rings is 1. The summed E-state index contributed by atoms with van der Waals surface area (Å²) in [7, 11) is 4.20. The third-order valence-corrected chi connectivity index (χ3v) is 4.35. The van der Waals surface area contributed by atoms with E-state index in [1.54, 1.807) is 10.9 Å². The summed E-state index contributed by atoms with van der Waals surface area (Å²) in [5.41, 5.74) is 0.472. The first kappa shape index (κ1) is 13.5. The normalized spacial score (nSPS) is 21.2. The van der Waals surface area contributed by atoms with Crippen molar-refractivity contribution in [3.63, 3.8) is 0 Å². The monoisotopic (exact) mass is 278 g/mol. The number of nitrogens with zero attached hydrogens (tertiary/aromatic N) is 5. The lowest BCUT2D eigenvalue weighted by molar-refractivity contribution is 0.0657. The Labute approximate surface area is 118 Å². The molecule has 20 heavy (non-hydrogen) atoms. The van der Waals surface area contributed by atoms with Crippen molar-refractivity contribution in [2.24, 2.45) is 0 Å². The van der Waals surface area contributed by atoms with Crippen LogP contribution in [0.5, 0.6) is 0 Å². The van der Waals surface area contributed by atoms with E-state index in [9.17, 15) is 4.79 Å². The Bertz CT molecular complexity index is 473. The molecule has 0 aliphatic carbocycles. The summed E-state index contributed by atoms with van der Waals surface area (Å²) < 4.78 is 1.80. The van der Waals surface area contributed by atoms with E-state index in [0.717, 1.165) is 39.0 Å². The Kier molecular flexibility index (Phi) is 3.71. The maximum atomic E-state index is 12.4. The fourth-order valence-corrected chi connectivity index (χ4v) is 2.76. The van der Waals surface area contributed by atoms with E-state index in [2.05, 4.69) is 34.6 Å². The van der Waals surface area contributed by atoms with E-state index in [0.29, 0.717) is 17.8 Å². The van der Waals surface area contributed by atoms with E-state index in [1.165, 1.54) is 0 Å². The molecule has 0 saturated carbocycles. The van der Waals surface area contributed by atoms with Gasteiger partial charge in [-0.15, -0.1) is 5.10 Å². The maximum Gasteiger partial charge on any atom is 0.276 e. The summed E-state index contributed by atoms with van der Waals surface area (Å²) in [4.78, 5) is 16.5. The SMILES string of the molecule is CN(C)C1CCN(C(=O)c2cn(C3CNC3)nn2)CC1. The smallest absolute Gasteiger partial charge is 0.276 e. The lowest BCUT2D eigenvalue weighted by Gasteiger charge is -2.34. The number of aromatic nitrogens is 3. The van der Waals surface area contributed by atoms with Crippen LogP contribution in [-0.4, -0.2) is 77.0 Å². The molecule has 0 spiro atoms. The first-order valence-electron chi connectivity index (χ1n) is 7.23. The quantitative estimate of drug-likeness (QED) is 0.814. The van der Waals surface area contributed by atoms with Crippen molar-refractivity contribution < 1.29 is 4.79 Å². The van der Waals surface area contributed by atoms with E-state index < -0.39 is 0 Å². The summed E-state index contributed by atoms with van der Waals surface area (Å²) in [6, 6.07) is 0.930. The highest BCUT2D eigenvalue weighted by Gasteiger charge is 2.27. The number of nitrogens with one attached hydrogen (secondary N) is 1. The standard InChI is InChI=1S/C13H22N6O/c1-17(2)10-3-5-18(6-4-10)13(20)12-9-19(16-15-12)11-7-14-8-11/h9-11,14H,3-8H2,1-2H3. The summed E-state index contributed by atoms with van der Waals surface area (Å²) in [6.07, 6.45) is 3.84. The molecule has 7 heteroatoms. The fourth-order valence-electron chi connectivity index (χ4n) is 2.76. The molecular weight excluding hydrogens is 256 g/mol. The number of hydrogen-bond acceptors (Lipinski definition) is 5. The zero-order chi connectivity index (χ0) is 14.1. The molecule has 3 rings (SSSR count). The van der Waals surface area contributed by atoms with E-state index in [4.69, 9.17) is 0 Å². The highest BCUT2D eigenvalue weighted by atomic mass is 16.2. The average molecular weight is 278 g/mol. The second-order valence-electron chi connectivity index (χ2n) is 5.88. The minimum Gasteiger partial charge on any atom is -0.337 e. The van der Waals surface area contributed by atoms with Crippen LogP contribution in [0.2, 0.25) is 0 Å². The van der Waals surface area contributed by atoms with Crippen LogP contribution in [0.3, 0.4) is 0 Å². The van der Waals surface area contributed by atoms with Crippen molar-refractivity contribution in [2.75, 3.05) is 40.3 Å². The topological polar surface area (TPSA) is 66.3 Å². The van der Waals surface area contributed by atoms with Gasteiger partial charge in [-0.05, 0) is 26.9 Å². The lowest BCUT2D eigenvalue weighted by atomic mass is 10.0. The largest absolute Gasteiger partial charge is 0.337 e. The molecule has 7 nitrogen and oxygen atoms in total. The van der Waals surface area contributed by atoms with Crippen LogP contribution in [-0.2, 0) is 0 Å². The number of amides is 1. The highest BCUT2D eigenvalue weighted by molar-refractivity contribution is 5.92. The van der Waals surface area contributed by atoms with Gasteiger partial charge in [0.25, 0.3) is 5.91 Å². The molecule has 3 heterocycles. The molecule has 0 atom stereocenters. The van der Waals surface area contributed by atoms with Gasteiger partial charge in [0.05, 0.1) is 12.2 Å². The Morgan fingerprint density at radius 2 is 2.05 bits per heavy atom. The molecule has 1 amide bonds. The van der Waals surface area contributed by atoms with Crippen molar-refractivity contribution in [1.29, 1.82) is 0 Å². The molecule has 0 unspecified atom stereocenters. The van der Waals surface area contributed by atoms with Crippen molar-refractivity contribution in [2.45, 2.75) is 24.9 Å². The zero-order valence-corrected chi connectivity index (χ0v) is 12.1. The first-order chi connectivity index (χ1) is 9.65. The van der Waals surface area contributed by atoms with Gasteiger partial charge < -0.3 is 15.1 Å². The van der Waals surface area contributed by atoms with Crippen LogP contribution in [0.4, 0.5) is 0 Å².